The molecule has 0 radical (unpaired) electrons. The van der Waals surface area contributed by atoms with Crippen LogP contribution in [0.3, 0.4) is 0 Å². The molecule has 1 aromatic carbocycles. The van der Waals surface area contributed by atoms with Crippen LogP contribution in [-0.2, 0) is 9.47 Å². The van der Waals surface area contributed by atoms with Gasteiger partial charge >= 0.3 is 0 Å². The smallest absolute Gasteiger partial charge is 0.272 e. The van der Waals surface area contributed by atoms with E-state index in [-0.39, 0.29) is 12.0 Å². The van der Waals surface area contributed by atoms with Crippen molar-refractivity contribution in [2.45, 2.75) is 63.1 Å². The topological polar surface area (TPSA) is 88.6 Å². The highest BCUT2D eigenvalue weighted by atomic mass is 16.5. The molecule has 0 spiro atoms. The number of aromatic nitrogens is 2. The molecule has 2 saturated heterocycles. The van der Waals surface area contributed by atoms with Crippen molar-refractivity contribution in [3.63, 3.8) is 0 Å². The van der Waals surface area contributed by atoms with Crippen LogP contribution in [0.1, 0.15) is 59.6 Å². The second-order valence-corrected chi connectivity index (χ2v) is 10.5. The number of piperidine rings is 1. The van der Waals surface area contributed by atoms with E-state index in [9.17, 15) is 4.79 Å². The summed E-state index contributed by atoms with van der Waals surface area (Å²) >= 11 is 0. The molecule has 1 aromatic heterocycles. The molecule has 2 N–H and O–H groups in total. The maximum Gasteiger partial charge on any atom is 0.272 e. The van der Waals surface area contributed by atoms with Gasteiger partial charge in [-0.25, -0.2) is 9.97 Å². The average molecular weight is 494 g/mol. The standard InChI is InChI=1S/C28H39N5O3/c1-19-26(28(34)33-11-8-23(9-12-33)32-24-10-13-36-17-25(24)35-2)30-18-31-27(19)29-16-20-14-22(15-20)21-6-4-3-5-7-21/h3-7,18,20,22-25,32H,8-17H2,1-2H3,(H,29,30,31)/t20-,22-,24-,25+/m0/s1. The minimum absolute atomic E-state index is 0.00465. The molecular formula is C28H39N5O3. The van der Waals surface area contributed by atoms with Crippen molar-refractivity contribution >= 4 is 11.7 Å². The number of carbonyl (C=O) groups excluding carboxylic acids is 1. The molecule has 1 saturated carbocycles. The van der Waals surface area contributed by atoms with Crippen LogP contribution in [-0.4, -0.2) is 78.9 Å². The van der Waals surface area contributed by atoms with Crippen LogP contribution >= 0.6 is 0 Å². The SMILES string of the molecule is CO[C@@H]1COCC[C@@H]1NC1CCN(C(=O)c2ncnc(NC[C@H]3C[C@H](c4ccccc4)C3)c2C)CC1. The molecule has 0 bridgehead atoms. The number of nitrogens with one attached hydrogen (secondary N) is 2. The van der Waals surface area contributed by atoms with E-state index < -0.39 is 0 Å². The highest BCUT2D eigenvalue weighted by Gasteiger charge is 2.32. The Kier molecular flexibility index (Phi) is 8.14. The maximum absolute atomic E-state index is 13.3. The van der Waals surface area contributed by atoms with Crippen molar-refractivity contribution in [1.82, 2.24) is 20.2 Å². The van der Waals surface area contributed by atoms with Gasteiger partial charge in [-0.05, 0) is 56.4 Å². The fourth-order valence-corrected chi connectivity index (χ4v) is 5.82. The normalized spacial score (nSPS) is 26.9. The Balaban J connectivity index is 1.11. The lowest BCUT2D eigenvalue weighted by atomic mass is 9.71. The summed E-state index contributed by atoms with van der Waals surface area (Å²) in [6.07, 6.45) is 6.81. The lowest BCUT2D eigenvalue weighted by Crippen LogP contribution is -2.54. The average Bonchev–Trinajstić information content (AvgIpc) is 2.89. The Bertz CT molecular complexity index is 1010. The Morgan fingerprint density at radius 3 is 2.67 bits per heavy atom. The summed E-state index contributed by atoms with van der Waals surface area (Å²) in [7, 11) is 1.75. The third kappa shape index (κ3) is 5.71. The summed E-state index contributed by atoms with van der Waals surface area (Å²) in [6, 6.07) is 11.5. The molecular weight excluding hydrogens is 454 g/mol. The summed E-state index contributed by atoms with van der Waals surface area (Å²) < 4.78 is 11.1. The van der Waals surface area contributed by atoms with Crippen LogP contribution in [0.25, 0.3) is 0 Å². The zero-order chi connectivity index (χ0) is 24.9. The van der Waals surface area contributed by atoms with Gasteiger partial charge in [0, 0.05) is 51.0 Å². The second-order valence-electron chi connectivity index (χ2n) is 10.5. The van der Waals surface area contributed by atoms with Crippen LogP contribution < -0.4 is 10.6 Å². The zero-order valence-electron chi connectivity index (χ0n) is 21.5. The fourth-order valence-electron chi connectivity index (χ4n) is 5.82. The number of amides is 1. The van der Waals surface area contributed by atoms with Gasteiger partial charge in [0.05, 0.1) is 12.7 Å². The van der Waals surface area contributed by atoms with Crippen molar-refractivity contribution in [3.05, 3.63) is 53.5 Å². The quantitative estimate of drug-likeness (QED) is 0.583. The third-order valence-electron chi connectivity index (χ3n) is 8.19. The van der Waals surface area contributed by atoms with E-state index in [1.54, 1.807) is 7.11 Å². The van der Waals surface area contributed by atoms with Crippen LogP contribution in [0.4, 0.5) is 5.82 Å². The van der Waals surface area contributed by atoms with Crippen molar-refractivity contribution in [2.24, 2.45) is 5.92 Å². The van der Waals surface area contributed by atoms with Crippen molar-refractivity contribution < 1.29 is 14.3 Å². The predicted octanol–water partition coefficient (Wildman–Crippen LogP) is 3.39. The first-order valence-corrected chi connectivity index (χ1v) is 13.4. The lowest BCUT2D eigenvalue weighted by Gasteiger charge is -2.38. The van der Waals surface area contributed by atoms with Gasteiger partial charge in [-0.1, -0.05) is 30.3 Å². The Morgan fingerprint density at radius 1 is 1.14 bits per heavy atom. The van der Waals surface area contributed by atoms with E-state index in [0.29, 0.717) is 36.2 Å². The molecule has 3 fully saturated rings. The first-order valence-electron chi connectivity index (χ1n) is 13.4. The van der Waals surface area contributed by atoms with E-state index in [0.717, 1.165) is 56.9 Å². The number of hydrogen-bond acceptors (Lipinski definition) is 7. The predicted molar refractivity (Wildman–Crippen MR) is 139 cm³/mol. The van der Waals surface area contributed by atoms with Crippen LogP contribution in [0.5, 0.6) is 0 Å². The van der Waals surface area contributed by atoms with E-state index in [1.165, 1.54) is 24.7 Å². The molecule has 2 atom stereocenters. The van der Waals surface area contributed by atoms with E-state index in [1.807, 2.05) is 11.8 Å². The largest absolute Gasteiger partial charge is 0.379 e. The van der Waals surface area contributed by atoms with Gasteiger partial charge in [-0.2, -0.15) is 0 Å². The van der Waals surface area contributed by atoms with Crippen LogP contribution in [0, 0.1) is 12.8 Å². The monoisotopic (exact) mass is 493 g/mol. The van der Waals surface area contributed by atoms with E-state index in [4.69, 9.17) is 9.47 Å². The minimum atomic E-state index is 0.00465. The number of carbonyl (C=O) groups is 1. The van der Waals surface area contributed by atoms with Gasteiger partial charge in [0.15, 0.2) is 0 Å². The molecule has 194 valence electrons. The first kappa shape index (κ1) is 25.1. The molecule has 5 rings (SSSR count). The van der Waals surface area contributed by atoms with Crippen molar-refractivity contribution in [3.8, 4) is 0 Å². The molecule has 3 aliphatic rings. The van der Waals surface area contributed by atoms with Gasteiger partial charge in [0.1, 0.15) is 17.8 Å². The van der Waals surface area contributed by atoms with Crippen molar-refractivity contribution in [1.29, 1.82) is 0 Å². The van der Waals surface area contributed by atoms with E-state index in [2.05, 4.69) is 50.9 Å². The molecule has 0 unspecified atom stereocenters. The summed E-state index contributed by atoms with van der Waals surface area (Å²) in [5, 5.41) is 7.25. The van der Waals surface area contributed by atoms with Crippen LogP contribution in [0.15, 0.2) is 36.7 Å². The van der Waals surface area contributed by atoms with Crippen molar-refractivity contribution in [2.75, 3.05) is 45.3 Å². The number of ether oxygens (including phenoxy) is 2. The second kappa shape index (κ2) is 11.7. The van der Waals surface area contributed by atoms with Gasteiger partial charge in [-0.15, -0.1) is 0 Å². The molecule has 8 nitrogen and oxygen atoms in total. The molecule has 3 heterocycles. The number of methoxy groups -OCH3 is 1. The zero-order valence-corrected chi connectivity index (χ0v) is 21.5. The van der Waals surface area contributed by atoms with Gasteiger partial charge in [0.2, 0.25) is 0 Å². The molecule has 8 heteroatoms. The lowest BCUT2D eigenvalue weighted by molar-refractivity contribution is -0.0533. The number of nitrogens with zero attached hydrogens (tertiary/aromatic N) is 3. The minimum Gasteiger partial charge on any atom is -0.379 e. The highest BCUT2D eigenvalue weighted by molar-refractivity contribution is 5.94. The van der Waals surface area contributed by atoms with Crippen LogP contribution in [0.2, 0.25) is 0 Å². The Labute approximate surface area is 214 Å². The molecule has 1 amide bonds. The Morgan fingerprint density at radius 2 is 1.92 bits per heavy atom. The molecule has 1 aliphatic carbocycles. The van der Waals surface area contributed by atoms with Gasteiger partial charge in [-0.3, -0.25) is 4.79 Å². The fraction of sp³-hybridized carbons (Fsp3) is 0.607. The third-order valence-corrected chi connectivity index (χ3v) is 8.19. The van der Waals surface area contributed by atoms with Gasteiger partial charge in [0.25, 0.3) is 5.91 Å². The maximum atomic E-state index is 13.3. The summed E-state index contributed by atoms with van der Waals surface area (Å²) in [4.78, 5) is 24.1. The highest BCUT2D eigenvalue weighted by Crippen LogP contribution is 2.41. The Hall–Kier alpha value is -2.55. The summed E-state index contributed by atoms with van der Waals surface area (Å²) in [5.74, 6) is 2.07. The number of likely N-dealkylation sites (tertiary alicyclic amines) is 1. The first-order chi connectivity index (χ1) is 17.6. The molecule has 36 heavy (non-hydrogen) atoms. The molecule has 2 aliphatic heterocycles. The summed E-state index contributed by atoms with van der Waals surface area (Å²) in [5.41, 5.74) is 2.79. The number of anilines is 1. The number of benzene rings is 1. The number of rotatable bonds is 8. The van der Waals surface area contributed by atoms with E-state index >= 15 is 0 Å². The van der Waals surface area contributed by atoms with Gasteiger partial charge < -0.3 is 25.0 Å². The number of hydrogen-bond donors (Lipinski definition) is 2. The summed E-state index contributed by atoms with van der Waals surface area (Å²) in [6.45, 7) is 5.70. The molecule has 2 aromatic rings.